The van der Waals surface area contributed by atoms with Crippen LogP contribution < -0.4 is 5.32 Å². The van der Waals surface area contributed by atoms with E-state index in [2.05, 4.69) is 62.1 Å². The van der Waals surface area contributed by atoms with Crippen molar-refractivity contribution in [1.82, 2.24) is 5.32 Å². The molecule has 1 aliphatic carbocycles. The van der Waals surface area contributed by atoms with E-state index in [1.165, 1.54) is 23.1 Å². The normalized spacial score (nSPS) is 18.2. The van der Waals surface area contributed by atoms with Crippen molar-refractivity contribution < 1.29 is 0 Å². The number of allylic oxidation sites excluding steroid dienone is 2. The number of nitrogens with zero attached hydrogens (tertiary/aromatic N) is 1. The monoisotopic (exact) mass is 322 g/mol. The van der Waals surface area contributed by atoms with Crippen LogP contribution in [-0.4, -0.2) is 18.8 Å². The Labute approximate surface area is 147 Å². The average Bonchev–Trinajstić information content (AvgIpc) is 2.70. The van der Waals surface area contributed by atoms with Crippen molar-refractivity contribution >= 4 is 5.71 Å². The number of likely N-dealkylation sites (N-methyl/N-ethyl adjacent to an activating group) is 1. The molecule has 24 heavy (non-hydrogen) atoms. The van der Waals surface area contributed by atoms with E-state index in [1.807, 2.05) is 26.1 Å². The largest absolute Gasteiger partial charge is 0.308 e. The summed E-state index contributed by atoms with van der Waals surface area (Å²) < 4.78 is 0. The van der Waals surface area contributed by atoms with Crippen LogP contribution in [0.4, 0.5) is 0 Å². The summed E-state index contributed by atoms with van der Waals surface area (Å²) in [5.41, 5.74) is 6.80. The first-order chi connectivity index (χ1) is 11.5. The third kappa shape index (κ3) is 4.42. The van der Waals surface area contributed by atoms with Gasteiger partial charge in [-0.25, -0.2) is 0 Å². The lowest BCUT2D eigenvalue weighted by molar-refractivity contribution is 0.785. The highest BCUT2D eigenvalue weighted by Crippen LogP contribution is 2.30. The zero-order chi connectivity index (χ0) is 18.1. The van der Waals surface area contributed by atoms with Crippen molar-refractivity contribution in [3.8, 4) is 0 Å². The van der Waals surface area contributed by atoms with Crippen LogP contribution >= 0.6 is 0 Å². The van der Waals surface area contributed by atoms with E-state index < -0.39 is 0 Å². The highest BCUT2D eigenvalue weighted by molar-refractivity contribution is 6.09. The molecule has 1 N–H and O–H groups in total. The van der Waals surface area contributed by atoms with Gasteiger partial charge in [0.05, 0.1) is 11.8 Å². The van der Waals surface area contributed by atoms with Crippen molar-refractivity contribution in [1.29, 1.82) is 0 Å². The predicted octanol–water partition coefficient (Wildman–Crippen LogP) is 5.24. The summed E-state index contributed by atoms with van der Waals surface area (Å²) in [5, 5.41) is 3.37. The highest BCUT2D eigenvalue weighted by atomic mass is 14.9. The Morgan fingerprint density at radius 2 is 1.92 bits per heavy atom. The molecular weight excluding hydrogens is 292 g/mol. The van der Waals surface area contributed by atoms with Crippen molar-refractivity contribution in [2.45, 2.75) is 39.7 Å². The molecule has 1 unspecified atom stereocenters. The van der Waals surface area contributed by atoms with E-state index in [0.29, 0.717) is 0 Å². The summed E-state index contributed by atoms with van der Waals surface area (Å²) in [4.78, 5) is 4.55. The lowest BCUT2D eigenvalue weighted by atomic mass is 9.91. The van der Waals surface area contributed by atoms with Crippen LogP contribution in [0.15, 0.2) is 78.0 Å². The van der Waals surface area contributed by atoms with Crippen LogP contribution in [0.3, 0.4) is 0 Å². The minimum absolute atomic E-state index is 0.00264. The summed E-state index contributed by atoms with van der Waals surface area (Å²) in [6, 6.07) is 8.36. The van der Waals surface area contributed by atoms with E-state index in [1.54, 1.807) is 6.20 Å². The molecule has 0 fully saturated rings. The molecule has 128 valence electrons. The van der Waals surface area contributed by atoms with Gasteiger partial charge in [0.1, 0.15) is 0 Å². The van der Waals surface area contributed by atoms with Gasteiger partial charge in [-0.1, -0.05) is 75.9 Å². The average molecular weight is 322 g/mol. The van der Waals surface area contributed by atoms with Crippen LogP contribution in [0, 0.1) is 0 Å². The first kappa shape index (κ1) is 19.9. The molecule has 2 rings (SSSR count). The second-order valence-electron chi connectivity index (χ2n) is 5.88. The Morgan fingerprint density at radius 1 is 1.29 bits per heavy atom. The summed E-state index contributed by atoms with van der Waals surface area (Å²) in [6.07, 6.45) is 5.63. The Kier molecular flexibility index (Phi) is 8.14. The van der Waals surface area contributed by atoms with Crippen LogP contribution in [0.25, 0.3) is 0 Å². The van der Waals surface area contributed by atoms with Gasteiger partial charge in [0, 0.05) is 11.8 Å². The maximum Gasteiger partial charge on any atom is 0.0760 e. The molecule has 0 saturated heterocycles. The first-order valence-corrected chi connectivity index (χ1v) is 8.51. The topological polar surface area (TPSA) is 24.4 Å². The van der Waals surface area contributed by atoms with E-state index in [9.17, 15) is 0 Å². The van der Waals surface area contributed by atoms with Crippen molar-refractivity contribution in [2.24, 2.45) is 4.99 Å². The summed E-state index contributed by atoms with van der Waals surface area (Å²) in [6.45, 7) is 18.2. The van der Waals surface area contributed by atoms with Gasteiger partial charge in [-0.2, -0.15) is 0 Å². The molecule has 1 aromatic carbocycles. The van der Waals surface area contributed by atoms with Gasteiger partial charge in [-0.05, 0) is 37.1 Å². The fourth-order valence-electron chi connectivity index (χ4n) is 2.93. The first-order valence-electron chi connectivity index (χ1n) is 8.51. The van der Waals surface area contributed by atoms with Crippen LogP contribution in [0.1, 0.15) is 38.3 Å². The molecule has 1 aromatic rings. The Hall–Kier alpha value is -2.19. The molecule has 2 nitrogen and oxygen atoms in total. The number of fused-ring (bicyclic) bond motifs is 1. The van der Waals surface area contributed by atoms with Crippen LogP contribution in [0.2, 0.25) is 0 Å². The zero-order valence-corrected chi connectivity index (χ0v) is 15.5. The maximum absolute atomic E-state index is 4.55. The van der Waals surface area contributed by atoms with Crippen molar-refractivity contribution in [3.05, 3.63) is 84.1 Å². The fraction of sp³-hybridized carbons (Fsp3) is 0.318. The molecular formula is C22H30N2. The second-order valence-corrected chi connectivity index (χ2v) is 5.88. The smallest absolute Gasteiger partial charge is 0.0760 e. The van der Waals surface area contributed by atoms with E-state index in [4.69, 9.17) is 0 Å². The molecule has 0 radical (unpaired) electrons. The fourth-order valence-corrected chi connectivity index (χ4v) is 2.93. The summed E-state index contributed by atoms with van der Waals surface area (Å²) in [7, 11) is 1.95. The Balaban J connectivity index is 0.000000891. The third-order valence-corrected chi connectivity index (χ3v) is 3.81. The molecule has 1 aliphatic rings. The number of aliphatic imine (C=N–C) groups is 1. The Morgan fingerprint density at radius 3 is 2.42 bits per heavy atom. The number of hydrogen-bond acceptors (Lipinski definition) is 2. The second kappa shape index (κ2) is 9.84. The van der Waals surface area contributed by atoms with E-state index >= 15 is 0 Å². The Bertz CT molecular complexity index is 662. The number of rotatable bonds is 4. The lowest BCUT2D eigenvalue weighted by Crippen LogP contribution is -2.37. The minimum Gasteiger partial charge on any atom is -0.308 e. The van der Waals surface area contributed by atoms with Crippen LogP contribution in [-0.2, 0) is 6.42 Å². The highest BCUT2D eigenvalue weighted by Gasteiger charge is 2.27. The molecule has 2 heteroatoms. The quantitative estimate of drug-likeness (QED) is 0.805. The number of benzene rings is 1. The van der Waals surface area contributed by atoms with Crippen LogP contribution in [0.5, 0.6) is 0 Å². The molecule has 0 saturated carbocycles. The van der Waals surface area contributed by atoms with Gasteiger partial charge in [0.25, 0.3) is 0 Å². The standard InChI is InChI=1S/C19H22N2.C3H8/c1-6-14-12-15-10-8-9-11-16(15)18(21-7-2)19(20-5)17(14)13(3)4;1-3-2/h6-11,19-20H,1-3,12H2,4-5H3;3H2,1-2H3. The molecule has 0 amide bonds. The molecule has 0 aliphatic heterocycles. The van der Waals surface area contributed by atoms with Gasteiger partial charge in [-0.3, -0.25) is 4.99 Å². The van der Waals surface area contributed by atoms with Gasteiger partial charge >= 0.3 is 0 Å². The minimum atomic E-state index is -0.00264. The molecule has 0 heterocycles. The van der Waals surface area contributed by atoms with Gasteiger partial charge in [-0.15, -0.1) is 0 Å². The molecule has 0 spiro atoms. The summed E-state index contributed by atoms with van der Waals surface area (Å²) in [5.74, 6) is 0. The van der Waals surface area contributed by atoms with Crippen molar-refractivity contribution in [2.75, 3.05) is 7.05 Å². The summed E-state index contributed by atoms with van der Waals surface area (Å²) >= 11 is 0. The van der Waals surface area contributed by atoms with Gasteiger partial charge in [0.15, 0.2) is 0 Å². The van der Waals surface area contributed by atoms with Crippen molar-refractivity contribution in [3.63, 3.8) is 0 Å². The van der Waals surface area contributed by atoms with E-state index in [0.717, 1.165) is 23.3 Å². The number of nitrogens with one attached hydrogen (secondary N) is 1. The molecule has 0 aromatic heterocycles. The molecule has 0 bridgehead atoms. The zero-order valence-electron chi connectivity index (χ0n) is 15.5. The van der Waals surface area contributed by atoms with Gasteiger partial charge in [0.2, 0.25) is 0 Å². The number of hydrogen-bond donors (Lipinski definition) is 1. The predicted molar refractivity (Wildman–Crippen MR) is 108 cm³/mol. The maximum atomic E-state index is 4.55. The van der Waals surface area contributed by atoms with E-state index in [-0.39, 0.29) is 6.04 Å². The third-order valence-electron chi connectivity index (χ3n) is 3.81. The SMILES string of the molecule is C=CN=C1c2ccccc2CC(C=C)=C(C(=C)C)C1NC.CCC. The lowest BCUT2D eigenvalue weighted by Gasteiger charge is -2.22. The molecule has 1 atom stereocenters. The van der Waals surface area contributed by atoms with Gasteiger partial charge < -0.3 is 5.32 Å².